The van der Waals surface area contributed by atoms with E-state index in [4.69, 9.17) is 17.3 Å². The van der Waals surface area contributed by atoms with E-state index in [-0.39, 0.29) is 17.1 Å². The first-order chi connectivity index (χ1) is 6.07. The third-order valence-electron chi connectivity index (χ3n) is 1.55. The average molecular weight is 211 g/mol. The fraction of sp³-hybridized carbons (Fsp3) is 0.286. The Morgan fingerprint density at radius 2 is 2.15 bits per heavy atom. The molecule has 0 saturated heterocycles. The van der Waals surface area contributed by atoms with Crippen molar-refractivity contribution >= 4 is 17.3 Å². The minimum Gasteiger partial charge on any atom is -0.398 e. The van der Waals surface area contributed by atoms with E-state index in [2.05, 4.69) is 4.98 Å². The lowest BCUT2D eigenvalue weighted by molar-refractivity contribution is 0.146. The summed E-state index contributed by atoms with van der Waals surface area (Å²) in [6.45, 7) is 0. The number of nitrogens with zero attached hydrogens (tertiary/aromatic N) is 1. The van der Waals surface area contributed by atoms with E-state index in [1.54, 1.807) is 0 Å². The van der Waals surface area contributed by atoms with E-state index in [1.807, 2.05) is 0 Å². The lowest BCUT2D eigenvalue weighted by atomic mass is 10.1. The van der Waals surface area contributed by atoms with Gasteiger partial charge in [0.1, 0.15) is 0 Å². The number of nitrogens with two attached hydrogens (primary N) is 1. The molecule has 2 nitrogen and oxygen atoms in total. The van der Waals surface area contributed by atoms with E-state index >= 15 is 0 Å². The van der Waals surface area contributed by atoms with Crippen LogP contribution in [0.4, 0.5) is 18.9 Å². The summed E-state index contributed by atoms with van der Waals surface area (Å²) < 4.78 is 37.1. The fourth-order valence-electron chi connectivity index (χ4n) is 0.872. The number of anilines is 1. The first-order valence-electron chi connectivity index (χ1n) is 3.34. The molecule has 0 bridgehead atoms. The van der Waals surface area contributed by atoms with Gasteiger partial charge >= 0.3 is 0 Å². The van der Waals surface area contributed by atoms with Gasteiger partial charge in [-0.25, -0.2) is 13.8 Å². The van der Waals surface area contributed by atoms with Crippen LogP contribution in [-0.4, -0.2) is 4.98 Å². The molecule has 13 heavy (non-hydrogen) atoms. The van der Waals surface area contributed by atoms with Crippen molar-refractivity contribution in [2.45, 2.75) is 12.3 Å². The second-order valence-corrected chi connectivity index (χ2v) is 2.60. The van der Waals surface area contributed by atoms with Crippen molar-refractivity contribution in [3.8, 4) is 0 Å². The molecule has 1 heterocycles. The number of aromatic nitrogens is 1. The summed E-state index contributed by atoms with van der Waals surface area (Å²) in [5.41, 5.74) is 4.26. The Morgan fingerprint density at radius 3 is 2.62 bits per heavy atom. The highest BCUT2D eigenvalue weighted by molar-refractivity contribution is 6.17. The highest BCUT2D eigenvalue weighted by atomic mass is 35.5. The summed E-state index contributed by atoms with van der Waals surface area (Å²) in [7, 11) is 0. The molecular formula is C7H6ClF3N2. The molecule has 72 valence electrons. The first kappa shape index (κ1) is 10.1. The van der Waals surface area contributed by atoms with Crippen LogP contribution in [0.1, 0.15) is 17.6 Å². The molecule has 0 spiro atoms. The van der Waals surface area contributed by atoms with Gasteiger partial charge in [-0.2, -0.15) is 4.39 Å². The van der Waals surface area contributed by atoms with Crippen LogP contribution in [-0.2, 0) is 5.88 Å². The molecule has 0 aliphatic rings. The lowest BCUT2D eigenvalue weighted by Gasteiger charge is -2.08. The quantitative estimate of drug-likeness (QED) is 0.602. The molecule has 0 fully saturated rings. The van der Waals surface area contributed by atoms with Crippen LogP contribution in [0, 0.1) is 5.95 Å². The number of rotatable bonds is 2. The molecule has 1 aromatic heterocycles. The topological polar surface area (TPSA) is 38.9 Å². The van der Waals surface area contributed by atoms with Gasteiger partial charge in [0.05, 0.1) is 17.1 Å². The molecule has 2 N–H and O–H groups in total. The SMILES string of the molecule is Nc1c(CCl)cnc(F)c1C(F)F. The van der Waals surface area contributed by atoms with Gasteiger partial charge in [0.25, 0.3) is 6.43 Å². The van der Waals surface area contributed by atoms with E-state index in [0.717, 1.165) is 6.20 Å². The highest BCUT2D eigenvalue weighted by Gasteiger charge is 2.20. The van der Waals surface area contributed by atoms with Crippen molar-refractivity contribution in [2.75, 3.05) is 5.73 Å². The van der Waals surface area contributed by atoms with Gasteiger partial charge in [0.2, 0.25) is 5.95 Å². The molecule has 0 aliphatic carbocycles. The molecule has 1 aromatic rings. The number of alkyl halides is 3. The normalized spacial score (nSPS) is 10.8. The summed E-state index contributed by atoms with van der Waals surface area (Å²) in [5.74, 6) is -1.32. The smallest absolute Gasteiger partial charge is 0.270 e. The van der Waals surface area contributed by atoms with Gasteiger partial charge in [-0.3, -0.25) is 0 Å². The Kier molecular flexibility index (Phi) is 2.98. The summed E-state index contributed by atoms with van der Waals surface area (Å²) in [6.07, 6.45) is -1.93. The Balaban J connectivity index is 3.30. The zero-order valence-electron chi connectivity index (χ0n) is 6.40. The summed E-state index contributed by atoms with van der Waals surface area (Å²) in [5, 5.41) is 0. The monoisotopic (exact) mass is 210 g/mol. The number of halogens is 4. The van der Waals surface area contributed by atoms with Crippen molar-refractivity contribution in [3.63, 3.8) is 0 Å². The predicted molar refractivity (Wildman–Crippen MR) is 43.1 cm³/mol. The van der Waals surface area contributed by atoms with Gasteiger partial charge in [-0.1, -0.05) is 0 Å². The van der Waals surface area contributed by atoms with Crippen molar-refractivity contribution in [2.24, 2.45) is 0 Å². The number of nitrogen functional groups attached to an aromatic ring is 1. The maximum absolute atomic E-state index is 12.7. The third-order valence-corrected chi connectivity index (χ3v) is 1.84. The minimum atomic E-state index is -2.98. The predicted octanol–water partition coefficient (Wildman–Crippen LogP) is 2.48. The molecule has 0 unspecified atom stereocenters. The average Bonchev–Trinajstić information content (AvgIpc) is 2.04. The summed E-state index contributed by atoms with van der Waals surface area (Å²) in [6, 6.07) is 0. The molecule has 0 atom stereocenters. The maximum atomic E-state index is 12.7. The third kappa shape index (κ3) is 1.85. The van der Waals surface area contributed by atoms with Crippen LogP contribution >= 0.6 is 11.6 Å². The molecule has 0 radical (unpaired) electrons. The molecule has 6 heteroatoms. The zero-order valence-corrected chi connectivity index (χ0v) is 7.15. The van der Waals surface area contributed by atoms with E-state index in [9.17, 15) is 13.2 Å². The van der Waals surface area contributed by atoms with Gasteiger partial charge < -0.3 is 5.73 Å². The van der Waals surface area contributed by atoms with Gasteiger partial charge in [0.15, 0.2) is 0 Å². The minimum absolute atomic E-state index is 0.0706. The van der Waals surface area contributed by atoms with E-state index in [0.29, 0.717) is 0 Å². The largest absolute Gasteiger partial charge is 0.398 e. The zero-order chi connectivity index (χ0) is 10.0. The number of hydrogen-bond acceptors (Lipinski definition) is 2. The van der Waals surface area contributed by atoms with Crippen LogP contribution < -0.4 is 5.73 Å². The second kappa shape index (κ2) is 3.83. The van der Waals surface area contributed by atoms with Crippen molar-refractivity contribution in [3.05, 3.63) is 23.3 Å². The number of hydrogen-bond donors (Lipinski definition) is 1. The summed E-state index contributed by atoms with van der Waals surface area (Å²) in [4.78, 5) is 3.12. The molecule has 0 amide bonds. The second-order valence-electron chi connectivity index (χ2n) is 2.34. The Bertz CT molecular complexity index is 317. The standard InChI is InChI=1S/C7H6ClF3N2/c8-1-3-2-13-7(11)4(5(3)12)6(9)10/h2,6H,1H2,(H2,12,13). The molecule has 0 aromatic carbocycles. The molecule has 1 rings (SSSR count). The van der Waals surface area contributed by atoms with Crippen LogP contribution in [0.3, 0.4) is 0 Å². The van der Waals surface area contributed by atoms with Crippen LogP contribution in [0.2, 0.25) is 0 Å². The number of pyridine rings is 1. The molecular weight excluding hydrogens is 205 g/mol. The summed E-state index contributed by atoms with van der Waals surface area (Å²) >= 11 is 5.37. The van der Waals surface area contributed by atoms with Gasteiger partial charge in [-0.15, -0.1) is 11.6 Å². The van der Waals surface area contributed by atoms with Crippen molar-refractivity contribution < 1.29 is 13.2 Å². The fourth-order valence-corrected chi connectivity index (χ4v) is 1.08. The van der Waals surface area contributed by atoms with Crippen molar-refractivity contribution in [1.82, 2.24) is 4.98 Å². The van der Waals surface area contributed by atoms with Crippen LogP contribution in [0.25, 0.3) is 0 Å². The molecule has 0 saturated carbocycles. The highest BCUT2D eigenvalue weighted by Crippen LogP contribution is 2.29. The first-order valence-corrected chi connectivity index (χ1v) is 3.88. The van der Waals surface area contributed by atoms with Crippen molar-refractivity contribution in [1.29, 1.82) is 0 Å². The van der Waals surface area contributed by atoms with E-state index in [1.165, 1.54) is 0 Å². The van der Waals surface area contributed by atoms with Gasteiger partial charge in [0, 0.05) is 11.8 Å². The van der Waals surface area contributed by atoms with E-state index < -0.39 is 17.9 Å². The Hall–Kier alpha value is -0.970. The van der Waals surface area contributed by atoms with Crippen LogP contribution in [0.5, 0.6) is 0 Å². The van der Waals surface area contributed by atoms with Gasteiger partial charge in [-0.05, 0) is 0 Å². The van der Waals surface area contributed by atoms with Crippen LogP contribution in [0.15, 0.2) is 6.20 Å². The Morgan fingerprint density at radius 1 is 1.54 bits per heavy atom. The maximum Gasteiger partial charge on any atom is 0.270 e. The Labute approximate surface area is 77.5 Å². The lowest BCUT2D eigenvalue weighted by Crippen LogP contribution is -2.04. The molecule has 0 aliphatic heterocycles.